The second-order valence-corrected chi connectivity index (χ2v) is 6.09. The number of fused-ring (bicyclic) bond motifs is 1. The average Bonchev–Trinajstić information content (AvgIpc) is 3.21. The Bertz CT molecular complexity index is 609. The number of nitrogens with one attached hydrogen (secondary N) is 1. The van der Waals surface area contributed by atoms with Gasteiger partial charge in [-0.3, -0.25) is 0 Å². The van der Waals surface area contributed by atoms with Gasteiger partial charge in [0.1, 0.15) is 11.6 Å². The number of para-hydroxylation sites is 2. The van der Waals surface area contributed by atoms with Crippen molar-refractivity contribution in [3.8, 4) is 11.5 Å². The van der Waals surface area contributed by atoms with E-state index in [1.165, 1.54) is 12.8 Å². The molecule has 2 aromatic rings. The van der Waals surface area contributed by atoms with Gasteiger partial charge in [-0.05, 0) is 25.0 Å². The number of benzene rings is 1. The van der Waals surface area contributed by atoms with Crippen LogP contribution in [0.3, 0.4) is 0 Å². The average molecular weight is 288 g/mol. The first kappa shape index (κ1) is 12.2. The lowest BCUT2D eigenvalue weighted by Gasteiger charge is -2.24. The molecule has 2 aliphatic rings. The molecule has 4 nitrogen and oxygen atoms in total. The van der Waals surface area contributed by atoms with E-state index in [0.29, 0.717) is 12.6 Å². The molecule has 0 saturated heterocycles. The van der Waals surface area contributed by atoms with Crippen molar-refractivity contribution in [1.82, 2.24) is 10.3 Å². The summed E-state index contributed by atoms with van der Waals surface area (Å²) >= 11 is 1.65. The number of aromatic nitrogens is 1. The Balaban J connectivity index is 1.45. The van der Waals surface area contributed by atoms with E-state index in [2.05, 4.69) is 15.7 Å². The van der Waals surface area contributed by atoms with Crippen molar-refractivity contribution in [2.45, 2.75) is 31.5 Å². The van der Waals surface area contributed by atoms with E-state index in [-0.39, 0.29) is 6.10 Å². The molecule has 0 radical (unpaired) electrons. The van der Waals surface area contributed by atoms with Crippen molar-refractivity contribution in [2.24, 2.45) is 0 Å². The normalized spacial score (nSPS) is 20.9. The fourth-order valence-corrected chi connectivity index (χ4v) is 3.06. The topological polar surface area (TPSA) is 43.4 Å². The SMILES string of the molecule is c1ccc2c(c1)OCC(c1nc(CNC3CC3)cs1)O2. The standard InChI is InChI=1S/C15H16N2O2S/c1-2-4-13-12(3-1)18-8-14(19-13)15-17-11(9-20-15)7-16-10-5-6-10/h1-4,9-10,14,16H,5-8H2. The van der Waals surface area contributed by atoms with Gasteiger partial charge in [-0.25, -0.2) is 4.98 Å². The Morgan fingerprint density at radius 3 is 2.95 bits per heavy atom. The lowest BCUT2D eigenvalue weighted by molar-refractivity contribution is 0.0910. The number of nitrogens with zero attached hydrogens (tertiary/aromatic N) is 1. The summed E-state index contributed by atoms with van der Waals surface area (Å²) in [6.45, 7) is 1.38. The molecule has 1 aliphatic carbocycles. The molecule has 4 rings (SSSR count). The largest absolute Gasteiger partial charge is 0.485 e. The molecule has 5 heteroatoms. The van der Waals surface area contributed by atoms with Crippen LogP contribution in [0.25, 0.3) is 0 Å². The predicted octanol–water partition coefficient (Wildman–Crippen LogP) is 2.91. The van der Waals surface area contributed by atoms with Crippen LogP contribution in [0.15, 0.2) is 29.6 Å². The van der Waals surface area contributed by atoms with Crippen LogP contribution in [0.5, 0.6) is 11.5 Å². The van der Waals surface area contributed by atoms with Gasteiger partial charge in [0.25, 0.3) is 0 Å². The van der Waals surface area contributed by atoms with Crippen LogP contribution in [0.2, 0.25) is 0 Å². The third-order valence-electron chi connectivity index (χ3n) is 3.50. The van der Waals surface area contributed by atoms with E-state index in [1.807, 2.05) is 24.3 Å². The minimum atomic E-state index is -0.0930. The van der Waals surface area contributed by atoms with Gasteiger partial charge >= 0.3 is 0 Å². The van der Waals surface area contributed by atoms with Gasteiger partial charge in [0.15, 0.2) is 17.6 Å². The van der Waals surface area contributed by atoms with Crippen molar-refractivity contribution < 1.29 is 9.47 Å². The Morgan fingerprint density at radius 2 is 2.10 bits per heavy atom. The highest BCUT2D eigenvalue weighted by Gasteiger charge is 2.25. The Hall–Kier alpha value is -1.59. The fraction of sp³-hybridized carbons (Fsp3) is 0.400. The molecule has 1 aliphatic heterocycles. The Labute approximate surface area is 121 Å². The van der Waals surface area contributed by atoms with Crippen LogP contribution in [0, 0.1) is 0 Å². The van der Waals surface area contributed by atoms with Gasteiger partial charge < -0.3 is 14.8 Å². The first-order chi connectivity index (χ1) is 9.88. The molecule has 1 aromatic heterocycles. The third kappa shape index (κ3) is 2.51. The Kier molecular flexibility index (Phi) is 3.09. The molecular formula is C15H16N2O2S. The van der Waals surface area contributed by atoms with E-state index in [9.17, 15) is 0 Å². The highest BCUT2D eigenvalue weighted by atomic mass is 32.1. The van der Waals surface area contributed by atoms with E-state index in [1.54, 1.807) is 11.3 Å². The molecule has 0 bridgehead atoms. The molecule has 1 fully saturated rings. The minimum absolute atomic E-state index is 0.0930. The van der Waals surface area contributed by atoms with E-state index >= 15 is 0 Å². The molecule has 2 heterocycles. The van der Waals surface area contributed by atoms with Crippen molar-refractivity contribution in [2.75, 3.05) is 6.61 Å². The maximum Gasteiger partial charge on any atom is 0.184 e. The predicted molar refractivity (Wildman–Crippen MR) is 77.3 cm³/mol. The van der Waals surface area contributed by atoms with Crippen LogP contribution in [-0.2, 0) is 6.54 Å². The molecule has 0 amide bonds. The number of rotatable bonds is 4. The first-order valence-electron chi connectivity index (χ1n) is 6.94. The lowest BCUT2D eigenvalue weighted by Crippen LogP contribution is -2.21. The van der Waals surface area contributed by atoms with E-state index in [4.69, 9.17) is 9.47 Å². The van der Waals surface area contributed by atoms with Gasteiger partial charge in [0.05, 0.1) is 5.69 Å². The van der Waals surface area contributed by atoms with Crippen LogP contribution in [0.4, 0.5) is 0 Å². The smallest absolute Gasteiger partial charge is 0.184 e. The highest BCUT2D eigenvalue weighted by molar-refractivity contribution is 7.09. The number of ether oxygens (including phenoxy) is 2. The fourth-order valence-electron chi connectivity index (χ4n) is 2.23. The molecule has 1 aromatic carbocycles. The van der Waals surface area contributed by atoms with Gasteiger partial charge in [0.2, 0.25) is 0 Å². The molecule has 20 heavy (non-hydrogen) atoms. The summed E-state index contributed by atoms with van der Waals surface area (Å²) in [6.07, 6.45) is 2.50. The quantitative estimate of drug-likeness (QED) is 0.939. The van der Waals surface area contributed by atoms with Crippen LogP contribution < -0.4 is 14.8 Å². The van der Waals surface area contributed by atoms with Crippen molar-refractivity contribution in [3.05, 3.63) is 40.3 Å². The minimum Gasteiger partial charge on any atom is -0.485 e. The molecule has 1 atom stereocenters. The summed E-state index contributed by atoms with van der Waals surface area (Å²) in [5.74, 6) is 1.62. The zero-order valence-electron chi connectivity index (χ0n) is 11.0. The van der Waals surface area contributed by atoms with Gasteiger partial charge in [0, 0.05) is 18.0 Å². The molecule has 1 unspecified atom stereocenters. The van der Waals surface area contributed by atoms with E-state index < -0.39 is 0 Å². The molecule has 1 saturated carbocycles. The second-order valence-electron chi connectivity index (χ2n) is 5.20. The number of thiazole rings is 1. The molecular weight excluding hydrogens is 272 g/mol. The van der Waals surface area contributed by atoms with Crippen molar-refractivity contribution in [1.29, 1.82) is 0 Å². The summed E-state index contributed by atoms with van der Waals surface area (Å²) in [6, 6.07) is 8.48. The highest BCUT2D eigenvalue weighted by Crippen LogP contribution is 2.36. The number of hydrogen-bond donors (Lipinski definition) is 1. The monoisotopic (exact) mass is 288 g/mol. The number of hydrogen-bond acceptors (Lipinski definition) is 5. The maximum atomic E-state index is 5.97. The molecule has 104 valence electrons. The zero-order chi connectivity index (χ0) is 13.4. The van der Waals surface area contributed by atoms with Crippen molar-refractivity contribution in [3.63, 3.8) is 0 Å². The summed E-state index contributed by atoms with van der Waals surface area (Å²) < 4.78 is 11.7. The maximum absolute atomic E-state index is 5.97. The van der Waals surface area contributed by atoms with Gasteiger partial charge in [-0.1, -0.05) is 12.1 Å². The van der Waals surface area contributed by atoms with Crippen LogP contribution in [0.1, 0.15) is 29.6 Å². The van der Waals surface area contributed by atoms with Gasteiger partial charge in [-0.2, -0.15) is 0 Å². The van der Waals surface area contributed by atoms with Crippen molar-refractivity contribution >= 4 is 11.3 Å². The second kappa shape index (κ2) is 5.07. The summed E-state index contributed by atoms with van der Waals surface area (Å²) in [5.41, 5.74) is 1.10. The van der Waals surface area contributed by atoms with E-state index in [0.717, 1.165) is 28.7 Å². The Morgan fingerprint density at radius 1 is 1.25 bits per heavy atom. The summed E-state index contributed by atoms with van der Waals surface area (Å²) in [4.78, 5) is 4.66. The lowest BCUT2D eigenvalue weighted by atomic mass is 10.2. The first-order valence-corrected chi connectivity index (χ1v) is 7.82. The van der Waals surface area contributed by atoms with Crippen LogP contribution >= 0.6 is 11.3 Å². The van der Waals surface area contributed by atoms with Crippen LogP contribution in [-0.4, -0.2) is 17.6 Å². The zero-order valence-corrected chi connectivity index (χ0v) is 11.9. The third-order valence-corrected chi connectivity index (χ3v) is 4.49. The summed E-state index contributed by atoms with van der Waals surface area (Å²) in [5, 5.41) is 6.58. The van der Waals surface area contributed by atoms with Gasteiger partial charge in [-0.15, -0.1) is 11.3 Å². The molecule has 0 spiro atoms. The molecule has 1 N–H and O–H groups in total. The summed E-state index contributed by atoms with van der Waals surface area (Å²) in [7, 11) is 0.